The Bertz CT molecular complexity index is 633. The van der Waals surface area contributed by atoms with Gasteiger partial charge < -0.3 is 0 Å². The van der Waals surface area contributed by atoms with E-state index in [9.17, 15) is 18.0 Å². The van der Waals surface area contributed by atoms with Crippen LogP contribution in [0.4, 0.5) is 13.2 Å². The number of hydrogen-bond acceptors (Lipinski definition) is 1. The summed E-state index contributed by atoms with van der Waals surface area (Å²) in [5.41, 5.74) is -0.152. The maximum atomic E-state index is 12.5. The van der Waals surface area contributed by atoms with E-state index in [-0.39, 0.29) is 5.56 Å². The van der Waals surface area contributed by atoms with Gasteiger partial charge in [0, 0.05) is 10.6 Å². The molecule has 0 saturated heterocycles. The van der Waals surface area contributed by atoms with E-state index in [0.29, 0.717) is 10.6 Å². The van der Waals surface area contributed by atoms with Gasteiger partial charge in [0.15, 0.2) is 5.78 Å². The molecule has 0 aliphatic heterocycles. The average molecular weight is 333 g/mol. The van der Waals surface area contributed by atoms with Gasteiger partial charge in [-0.1, -0.05) is 35.9 Å². The van der Waals surface area contributed by atoms with Crippen LogP contribution in [0, 0.1) is 0 Å². The number of alkyl halides is 4. The number of ketones is 1. The van der Waals surface area contributed by atoms with Crippen LogP contribution in [0.3, 0.4) is 0 Å². The molecule has 2 rings (SSSR count). The van der Waals surface area contributed by atoms with Crippen molar-refractivity contribution in [2.75, 3.05) is 0 Å². The number of carbonyl (C=O) groups is 1. The summed E-state index contributed by atoms with van der Waals surface area (Å²) in [6.45, 7) is 0. The Hall–Kier alpha value is -1.52. The molecule has 0 aliphatic carbocycles. The predicted molar refractivity (Wildman–Crippen MR) is 75.8 cm³/mol. The van der Waals surface area contributed by atoms with Gasteiger partial charge in [-0.05, 0) is 29.8 Å². The molecule has 0 aliphatic rings. The zero-order valence-corrected chi connectivity index (χ0v) is 12.0. The second-order valence-electron chi connectivity index (χ2n) is 4.35. The van der Waals surface area contributed by atoms with E-state index < -0.39 is 22.9 Å². The van der Waals surface area contributed by atoms with E-state index in [1.54, 1.807) is 24.3 Å². The highest BCUT2D eigenvalue weighted by Crippen LogP contribution is 2.31. The van der Waals surface area contributed by atoms with E-state index in [2.05, 4.69) is 0 Å². The monoisotopic (exact) mass is 332 g/mol. The zero-order valence-electron chi connectivity index (χ0n) is 10.5. The van der Waals surface area contributed by atoms with Crippen LogP contribution in [0.2, 0.25) is 5.02 Å². The van der Waals surface area contributed by atoms with Crippen molar-refractivity contribution < 1.29 is 18.0 Å². The third kappa shape index (κ3) is 3.77. The fraction of sp³-hybridized carbons (Fsp3) is 0.133. The lowest BCUT2D eigenvalue weighted by Gasteiger charge is -2.11. The van der Waals surface area contributed by atoms with Crippen molar-refractivity contribution in [3.63, 3.8) is 0 Å². The van der Waals surface area contributed by atoms with Crippen molar-refractivity contribution in [2.24, 2.45) is 0 Å². The van der Waals surface area contributed by atoms with Crippen LogP contribution in [0.15, 0.2) is 48.5 Å². The van der Waals surface area contributed by atoms with Gasteiger partial charge in [-0.2, -0.15) is 13.2 Å². The lowest BCUT2D eigenvalue weighted by Crippen LogP contribution is -2.09. The first-order valence-corrected chi connectivity index (χ1v) is 6.71. The van der Waals surface area contributed by atoms with Crippen LogP contribution in [0.5, 0.6) is 0 Å². The Morgan fingerprint density at radius 2 is 1.48 bits per heavy atom. The molecule has 0 bridgehead atoms. The van der Waals surface area contributed by atoms with Gasteiger partial charge in [0.05, 0.1) is 5.56 Å². The summed E-state index contributed by atoms with van der Waals surface area (Å²) in [5, 5.41) is -0.469. The van der Waals surface area contributed by atoms with Crippen LogP contribution in [-0.2, 0) is 6.18 Å². The zero-order chi connectivity index (χ0) is 15.6. The van der Waals surface area contributed by atoms with Crippen LogP contribution < -0.4 is 0 Å². The number of halogens is 5. The minimum Gasteiger partial charge on any atom is -0.292 e. The first-order chi connectivity index (χ1) is 9.79. The first kappa shape index (κ1) is 15.9. The molecule has 0 aromatic heterocycles. The first-order valence-electron chi connectivity index (χ1n) is 5.90. The summed E-state index contributed by atoms with van der Waals surface area (Å²) in [5.74, 6) is -0.465. The second kappa shape index (κ2) is 6.08. The van der Waals surface area contributed by atoms with Crippen molar-refractivity contribution in [1.82, 2.24) is 0 Å². The van der Waals surface area contributed by atoms with Crippen molar-refractivity contribution in [3.05, 3.63) is 70.2 Å². The van der Waals surface area contributed by atoms with Crippen molar-refractivity contribution in [1.29, 1.82) is 0 Å². The number of Topliss-reactive ketones (excluding diaryl/α,β-unsaturated/α-hetero) is 1. The summed E-state index contributed by atoms with van der Waals surface area (Å²) in [6.07, 6.45) is -4.43. The molecule has 21 heavy (non-hydrogen) atoms. The largest absolute Gasteiger partial charge is 0.416 e. The topological polar surface area (TPSA) is 17.1 Å². The molecular formula is C15H9Cl2F3O. The maximum absolute atomic E-state index is 12.5. The molecule has 2 aromatic rings. The number of rotatable bonds is 3. The molecule has 1 nitrogen and oxygen atoms in total. The smallest absolute Gasteiger partial charge is 0.292 e. The summed E-state index contributed by atoms with van der Waals surface area (Å²) in [6, 6.07) is 10.3. The Kier molecular flexibility index (Phi) is 4.59. The highest BCUT2D eigenvalue weighted by Gasteiger charge is 2.30. The molecule has 0 spiro atoms. The molecule has 0 N–H and O–H groups in total. The average Bonchev–Trinajstić information content (AvgIpc) is 2.46. The van der Waals surface area contributed by atoms with Gasteiger partial charge >= 0.3 is 6.18 Å². The molecule has 0 saturated carbocycles. The summed E-state index contributed by atoms with van der Waals surface area (Å²) in [7, 11) is 0. The Morgan fingerprint density at radius 1 is 0.952 bits per heavy atom. The van der Waals surface area contributed by atoms with E-state index in [1.165, 1.54) is 0 Å². The minimum atomic E-state index is -4.43. The number of carbonyl (C=O) groups excluding carboxylic acids is 1. The molecule has 0 amide bonds. The van der Waals surface area contributed by atoms with E-state index in [1.807, 2.05) is 0 Å². The molecule has 0 fully saturated rings. The van der Waals surface area contributed by atoms with Gasteiger partial charge in [-0.3, -0.25) is 4.79 Å². The van der Waals surface area contributed by atoms with E-state index >= 15 is 0 Å². The van der Waals surface area contributed by atoms with Crippen molar-refractivity contribution >= 4 is 29.0 Å². The van der Waals surface area contributed by atoms with Gasteiger partial charge in [0.25, 0.3) is 0 Å². The van der Waals surface area contributed by atoms with E-state index in [0.717, 1.165) is 24.3 Å². The van der Waals surface area contributed by atoms with Crippen LogP contribution >= 0.6 is 23.2 Å². The SMILES string of the molecule is O=C(c1ccc(C(F)(F)F)cc1)C(Cl)c1ccc(Cl)cc1. The lowest BCUT2D eigenvalue weighted by atomic mass is 10.0. The molecule has 0 heterocycles. The molecule has 110 valence electrons. The molecule has 1 unspecified atom stereocenters. The van der Waals surface area contributed by atoms with Crippen LogP contribution in [0.1, 0.15) is 26.9 Å². The quantitative estimate of drug-likeness (QED) is 0.534. The van der Waals surface area contributed by atoms with Crippen molar-refractivity contribution in [2.45, 2.75) is 11.6 Å². The van der Waals surface area contributed by atoms with Crippen molar-refractivity contribution in [3.8, 4) is 0 Å². The van der Waals surface area contributed by atoms with Gasteiger partial charge in [-0.25, -0.2) is 0 Å². The normalized spacial score (nSPS) is 13.0. The van der Waals surface area contributed by atoms with Gasteiger partial charge in [0.1, 0.15) is 5.38 Å². The summed E-state index contributed by atoms with van der Waals surface area (Å²) >= 11 is 11.8. The van der Waals surface area contributed by atoms with Gasteiger partial charge in [-0.15, -0.1) is 11.6 Å². The number of benzene rings is 2. The molecule has 1 atom stereocenters. The molecule has 2 aromatic carbocycles. The lowest BCUT2D eigenvalue weighted by molar-refractivity contribution is -0.137. The third-order valence-corrected chi connectivity index (χ3v) is 3.59. The molecule has 0 radical (unpaired) electrons. The molecular weight excluding hydrogens is 324 g/mol. The highest BCUT2D eigenvalue weighted by atomic mass is 35.5. The molecule has 6 heteroatoms. The number of hydrogen-bond donors (Lipinski definition) is 0. The standard InChI is InChI=1S/C15H9Cl2F3O/c16-12-7-3-9(4-8-12)13(17)14(21)10-1-5-11(6-2-10)15(18,19)20/h1-8,13H. The highest BCUT2D eigenvalue weighted by molar-refractivity contribution is 6.34. The summed E-state index contributed by atoms with van der Waals surface area (Å²) in [4.78, 5) is 12.1. The second-order valence-corrected chi connectivity index (χ2v) is 5.23. The third-order valence-electron chi connectivity index (χ3n) is 2.89. The fourth-order valence-corrected chi connectivity index (χ4v) is 2.15. The maximum Gasteiger partial charge on any atom is 0.416 e. The Morgan fingerprint density at radius 3 is 1.95 bits per heavy atom. The Balaban J connectivity index is 2.21. The Labute approximate surface area is 129 Å². The minimum absolute atomic E-state index is 0.123. The fourth-order valence-electron chi connectivity index (χ4n) is 1.75. The predicted octanol–water partition coefficient (Wildman–Crippen LogP) is 5.52. The summed E-state index contributed by atoms with van der Waals surface area (Å²) < 4.78 is 37.4. The van der Waals surface area contributed by atoms with Crippen LogP contribution in [0.25, 0.3) is 0 Å². The van der Waals surface area contributed by atoms with Crippen LogP contribution in [-0.4, -0.2) is 5.78 Å². The van der Waals surface area contributed by atoms with Gasteiger partial charge in [0.2, 0.25) is 0 Å². The van der Waals surface area contributed by atoms with E-state index in [4.69, 9.17) is 23.2 Å².